The summed E-state index contributed by atoms with van der Waals surface area (Å²) in [4.78, 5) is 20.4. The van der Waals surface area contributed by atoms with Gasteiger partial charge < -0.3 is 20.5 Å². The zero-order valence-electron chi connectivity index (χ0n) is 15.1. The van der Waals surface area contributed by atoms with Gasteiger partial charge in [-0.3, -0.25) is 9.78 Å². The first kappa shape index (κ1) is 23.5. The van der Waals surface area contributed by atoms with Gasteiger partial charge in [0, 0.05) is 44.8 Å². The molecule has 0 aliphatic rings. The van der Waals surface area contributed by atoms with E-state index in [0.29, 0.717) is 41.3 Å². The van der Waals surface area contributed by atoms with Gasteiger partial charge >= 0.3 is 0 Å². The molecule has 10 heteroatoms. The van der Waals surface area contributed by atoms with Crippen LogP contribution in [-0.4, -0.2) is 41.1 Å². The van der Waals surface area contributed by atoms with Crippen molar-refractivity contribution in [3.63, 3.8) is 0 Å². The molecule has 0 saturated heterocycles. The highest BCUT2D eigenvalue weighted by atomic mass is 127. The SMILES string of the molecule is CCNC(=NCc1cc(Cl)c(Cl)n1C)NCCNC(=O)c1cccnc1.I. The molecule has 3 N–H and O–H groups in total. The van der Waals surface area contributed by atoms with Crippen LogP contribution in [0.4, 0.5) is 0 Å². The van der Waals surface area contributed by atoms with Crippen LogP contribution < -0.4 is 16.0 Å². The van der Waals surface area contributed by atoms with Crippen LogP contribution in [-0.2, 0) is 13.6 Å². The summed E-state index contributed by atoms with van der Waals surface area (Å²) in [6, 6.07) is 5.24. The molecule has 0 saturated carbocycles. The molecule has 0 bridgehead atoms. The first-order valence-corrected chi connectivity index (χ1v) is 8.98. The quantitative estimate of drug-likeness (QED) is 0.225. The second-order valence-electron chi connectivity index (χ2n) is 5.45. The largest absolute Gasteiger partial charge is 0.357 e. The van der Waals surface area contributed by atoms with Crippen molar-refractivity contribution >= 4 is 59.0 Å². The van der Waals surface area contributed by atoms with Crippen LogP contribution in [0.5, 0.6) is 0 Å². The molecule has 0 aromatic carbocycles. The molecule has 2 aromatic rings. The Balaban J connectivity index is 0.00000364. The maximum Gasteiger partial charge on any atom is 0.252 e. The Morgan fingerprint density at radius 2 is 2.00 bits per heavy atom. The number of pyridine rings is 1. The Hall–Kier alpha value is -1.52. The Morgan fingerprint density at radius 3 is 2.59 bits per heavy atom. The molecule has 148 valence electrons. The summed E-state index contributed by atoms with van der Waals surface area (Å²) in [5.74, 6) is 0.492. The van der Waals surface area contributed by atoms with E-state index in [0.717, 1.165) is 12.2 Å². The lowest BCUT2D eigenvalue weighted by Gasteiger charge is -2.12. The van der Waals surface area contributed by atoms with E-state index in [2.05, 4.69) is 25.9 Å². The first-order chi connectivity index (χ1) is 12.5. The van der Waals surface area contributed by atoms with E-state index in [1.807, 2.05) is 14.0 Å². The van der Waals surface area contributed by atoms with Gasteiger partial charge in [-0.05, 0) is 25.1 Å². The molecule has 7 nitrogen and oxygen atoms in total. The number of rotatable bonds is 7. The van der Waals surface area contributed by atoms with Gasteiger partial charge in [0.1, 0.15) is 5.15 Å². The lowest BCUT2D eigenvalue weighted by atomic mass is 10.3. The summed E-state index contributed by atoms with van der Waals surface area (Å²) in [5, 5.41) is 10.2. The van der Waals surface area contributed by atoms with Gasteiger partial charge in [0.25, 0.3) is 5.91 Å². The lowest BCUT2D eigenvalue weighted by molar-refractivity contribution is 0.0954. The van der Waals surface area contributed by atoms with Gasteiger partial charge in [-0.15, -0.1) is 24.0 Å². The number of amides is 1. The van der Waals surface area contributed by atoms with Crippen molar-refractivity contribution in [1.29, 1.82) is 0 Å². The average molecular weight is 525 g/mol. The number of guanidine groups is 1. The van der Waals surface area contributed by atoms with E-state index in [1.165, 1.54) is 6.20 Å². The molecule has 2 heterocycles. The van der Waals surface area contributed by atoms with Crippen molar-refractivity contribution in [2.24, 2.45) is 12.0 Å². The molecule has 0 radical (unpaired) electrons. The highest BCUT2D eigenvalue weighted by molar-refractivity contribution is 14.0. The molecule has 0 spiro atoms. The van der Waals surface area contributed by atoms with Crippen LogP contribution in [0.25, 0.3) is 0 Å². The van der Waals surface area contributed by atoms with Gasteiger partial charge in [0.05, 0.1) is 17.1 Å². The molecular formula is C17H23Cl2IN6O. The molecule has 1 amide bonds. The zero-order valence-corrected chi connectivity index (χ0v) is 19.0. The van der Waals surface area contributed by atoms with Crippen molar-refractivity contribution in [3.05, 3.63) is 52.0 Å². The summed E-state index contributed by atoms with van der Waals surface area (Å²) in [6.07, 6.45) is 3.16. The van der Waals surface area contributed by atoms with Crippen molar-refractivity contribution in [2.45, 2.75) is 13.5 Å². The van der Waals surface area contributed by atoms with E-state index in [9.17, 15) is 4.79 Å². The Bertz CT molecular complexity index is 766. The highest BCUT2D eigenvalue weighted by Crippen LogP contribution is 2.25. The summed E-state index contributed by atoms with van der Waals surface area (Å²) in [5.41, 5.74) is 1.44. The third kappa shape index (κ3) is 7.19. The number of nitrogens with one attached hydrogen (secondary N) is 3. The van der Waals surface area contributed by atoms with Gasteiger partial charge in [-0.25, -0.2) is 4.99 Å². The van der Waals surface area contributed by atoms with Crippen LogP contribution in [0.15, 0.2) is 35.6 Å². The van der Waals surface area contributed by atoms with Crippen LogP contribution in [0.3, 0.4) is 0 Å². The van der Waals surface area contributed by atoms with E-state index < -0.39 is 0 Å². The number of carbonyl (C=O) groups excluding carboxylic acids is 1. The minimum absolute atomic E-state index is 0. The van der Waals surface area contributed by atoms with E-state index >= 15 is 0 Å². The molecule has 0 aliphatic heterocycles. The Morgan fingerprint density at radius 1 is 1.26 bits per heavy atom. The van der Waals surface area contributed by atoms with Crippen LogP contribution >= 0.6 is 47.2 Å². The highest BCUT2D eigenvalue weighted by Gasteiger charge is 2.09. The molecule has 0 fully saturated rings. The third-order valence-corrected chi connectivity index (χ3v) is 4.43. The fourth-order valence-electron chi connectivity index (χ4n) is 2.20. The average Bonchev–Trinajstić information content (AvgIpc) is 2.90. The minimum atomic E-state index is -0.157. The van der Waals surface area contributed by atoms with E-state index in [1.54, 1.807) is 29.0 Å². The van der Waals surface area contributed by atoms with Crippen LogP contribution in [0.1, 0.15) is 23.0 Å². The number of nitrogens with zero attached hydrogens (tertiary/aromatic N) is 3. The second-order valence-corrected chi connectivity index (χ2v) is 6.22. The molecule has 27 heavy (non-hydrogen) atoms. The molecule has 0 aliphatic carbocycles. The van der Waals surface area contributed by atoms with E-state index in [4.69, 9.17) is 23.2 Å². The van der Waals surface area contributed by atoms with Gasteiger partial charge in [0.2, 0.25) is 0 Å². The standard InChI is InChI=1S/C17H22Cl2N6O.HI/c1-3-21-17(24-11-13-9-14(18)15(19)25(13)2)23-8-7-22-16(26)12-5-4-6-20-10-12;/h4-6,9-10H,3,7-8,11H2,1-2H3,(H,22,26)(H2,21,23,24);1H. The number of hydrogen-bond donors (Lipinski definition) is 3. The number of carbonyl (C=O) groups is 1. The Labute approximate surface area is 186 Å². The maximum absolute atomic E-state index is 11.9. The van der Waals surface area contributed by atoms with Gasteiger partial charge in [-0.2, -0.15) is 0 Å². The summed E-state index contributed by atoms with van der Waals surface area (Å²) in [7, 11) is 1.84. The van der Waals surface area contributed by atoms with Crippen molar-refractivity contribution in [1.82, 2.24) is 25.5 Å². The fourth-order valence-corrected chi connectivity index (χ4v) is 2.61. The number of hydrogen-bond acceptors (Lipinski definition) is 3. The van der Waals surface area contributed by atoms with Crippen molar-refractivity contribution < 1.29 is 4.79 Å². The topological polar surface area (TPSA) is 83.3 Å². The van der Waals surface area contributed by atoms with Crippen molar-refractivity contribution in [2.75, 3.05) is 19.6 Å². The number of aliphatic imine (C=N–C) groups is 1. The number of halogens is 3. The van der Waals surface area contributed by atoms with Crippen LogP contribution in [0, 0.1) is 0 Å². The smallest absolute Gasteiger partial charge is 0.252 e. The predicted molar refractivity (Wildman–Crippen MR) is 120 cm³/mol. The Kier molecular flexibility index (Phi) is 10.5. The van der Waals surface area contributed by atoms with Crippen LogP contribution in [0.2, 0.25) is 10.2 Å². The maximum atomic E-state index is 11.9. The van der Waals surface area contributed by atoms with Crippen molar-refractivity contribution in [3.8, 4) is 0 Å². The normalized spacial score (nSPS) is 10.9. The first-order valence-electron chi connectivity index (χ1n) is 8.23. The monoisotopic (exact) mass is 524 g/mol. The second kappa shape index (κ2) is 12.0. The fraction of sp³-hybridized carbons (Fsp3) is 0.353. The lowest BCUT2D eigenvalue weighted by Crippen LogP contribution is -2.41. The molecule has 2 aromatic heterocycles. The molecule has 2 rings (SSSR count). The van der Waals surface area contributed by atoms with Gasteiger partial charge in [0.15, 0.2) is 5.96 Å². The third-order valence-electron chi connectivity index (χ3n) is 3.59. The summed E-state index contributed by atoms with van der Waals surface area (Å²) in [6.45, 7) is 4.13. The molecular weight excluding hydrogens is 502 g/mol. The molecule has 0 atom stereocenters. The number of aromatic nitrogens is 2. The zero-order chi connectivity index (χ0) is 18.9. The summed E-state index contributed by atoms with van der Waals surface area (Å²) >= 11 is 12.1. The predicted octanol–water partition coefficient (Wildman–Crippen LogP) is 2.83. The minimum Gasteiger partial charge on any atom is -0.357 e. The molecule has 0 unspecified atom stereocenters. The van der Waals surface area contributed by atoms with Gasteiger partial charge in [-0.1, -0.05) is 23.2 Å². The summed E-state index contributed by atoms with van der Waals surface area (Å²) < 4.78 is 1.80. The van der Waals surface area contributed by atoms with E-state index in [-0.39, 0.29) is 29.9 Å².